The van der Waals surface area contributed by atoms with Crippen LogP contribution < -0.4 is 11.1 Å². The fraction of sp³-hybridized carbons (Fsp3) is 0.350. The van der Waals surface area contributed by atoms with Crippen LogP contribution in [0.25, 0.3) is 0 Å². The van der Waals surface area contributed by atoms with E-state index in [0.717, 1.165) is 12.8 Å². The second-order valence-electron chi connectivity index (χ2n) is 6.47. The van der Waals surface area contributed by atoms with Crippen molar-refractivity contribution in [1.82, 2.24) is 9.88 Å². The van der Waals surface area contributed by atoms with Crippen LogP contribution in [0.15, 0.2) is 47.8 Å². The lowest BCUT2D eigenvalue weighted by atomic mass is 9.95. The van der Waals surface area contributed by atoms with Gasteiger partial charge in [0, 0.05) is 25.9 Å². The Bertz CT molecular complexity index is 862. The first-order valence-corrected chi connectivity index (χ1v) is 9.11. The summed E-state index contributed by atoms with van der Waals surface area (Å²) in [6, 6.07) is 1.06. The standard InChI is InChI=1S/C20H25N5O4/c1-13(7-8-17(22-2)29-3)16-6-4-5-9-25(16)20(28)19(27)24-15-10-14(18(21)26)11-23-12-15/h7-8,10-12,16H,1,4-6,9H2,2-3H3,(H2,21,26)(H,24,27)/b8-7-,22-17?/t16-/m0/s1. The van der Waals surface area contributed by atoms with Crippen molar-refractivity contribution in [2.75, 3.05) is 26.0 Å². The van der Waals surface area contributed by atoms with Gasteiger partial charge in [0.05, 0.1) is 30.6 Å². The summed E-state index contributed by atoms with van der Waals surface area (Å²) >= 11 is 0. The highest BCUT2D eigenvalue weighted by Crippen LogP contribution is 2.23. The van der Waals surface area contributed by atoms with Gasteiger partial charge < -0.3 is 20.7 Å². The minimum atomic E-state index is -0.815. The number of aliphatic imine (C=N–C) groups is 1. The summed E-state index contributed by atoms with van der Waals surface area (Å²) in [4.78, 5) is 45.8. The third-order valence-corrected chi connectivity index (χ3v) is 4.54. The molecule has 3 N–H and O–H groups in total. The Labute approximate surface area is 169 Å². The number of nitrogens with two attached hydrogens (primary N) is 1. The van der Waals surface area contributed by atoms with Crippen LogP contribution in [0.1, 0.15) is 29.6 Å². The SMILES string of the molecule is C=C(/C=C\C(=NC)OC)[C@@H]1CCCCN1C(=O)C(=O)Nc1cncc(C(N)=O)c1. The molecule has 0 radical (unpaired) electrons. The molecule has 1 aliphatic heterocycles. The largest absolute Gasteiger partial charge is 0.481 e. The van der Waals surface area contributed by atoms with Crippen molar-refractivity contribution >= 4 is 29.3 Å². The van der Waals surface area contributed by atoms with E-state index in [2.05, 4.69) is 21.9 Å². The molecule has 0 aliphatic carbocycles. The molecule has 1 atom stereocenters. The van der Waals surface area contributed by atoms with Crippen LogP contribution >= 0.6 is 0 Å². The number of rotatable bonds is 5. The molecule has 1 fully saturated rings. The molecule has 9 heteroatoms. The highest BCUT2D eigenvalue weighted by molar-refractivity contribution is 6.39. The maximum atomic E-state index is 12.8. The number of amides is 3. The lowest BCUT2D eigenvalue weighted by molar-refractivity contribution is -0.145. The van der Waals surface area contributed by atoms with E-state index >= 15 is 0 Å². The molecule has 0 unspecified atom stereocenters. The summed E-state index contributed by atoms with van der Waals surface area (Å²) in [5, 5.41) is 2.48. The number of likely N-dealkylation sites (tertiary alicyclic amines) is 1. The van der Waals surface area contributed by atoms with Gasteiger partial charge in [-0.05, 0) is 30.9 Å². The monoisotopic (exact) mass is 399 g/mol. The molecule has 29 heavy (non-hydrogen) atoms. The van der Waals surface area contributed by atoms with Gasteiger partial charge in [-0.1, -0.05) is 12.7 Å². The number of piperidine rings is 1. The fourth-order valence-corrected chi connectivity index (χ4v) is 3.04. The van der Waals surface area contributed by atoms with E-state index in [1.54, 1.807) is 19.2 Å². The minimum Gasteiger partial charge on any atom is -0.481 e. The zero-order valence-corrected chi connectivity index (χ0v) is 16.6. The first kappa shape index (κ1) is 21.8. The normalized spacial score (nSPS) is 17.1. The number of hydrogen-bond donors (Lipinski definition) is 2. The molecule has 0 saturated carbocycles. The van der Waals surface area contributed by atoms with E-state index in [1.165, 1.54) is 30.5 Å². The molecular weight excluding hydrogens is 374 g/mol. The topological polar surface area (TPSA) is 127 Å². The lowest BCUT2D eigenvalue weighted by Gasteiger charge is -2.35. The second-order valence-corrected chi connectivity index (χ2v) is 6.47. The Morgan fingerprint density at radius 3 is 2.76 bits per heavy atom. The number of ether oxygens (including phenoxy) is 1. The van der Waals surface area contributed by atoms with Crippen molar-refractivity contribution in [2.45, 2.75) is 25.3 Å². The molecule has 2 rings (SSSR count). The number of anilines is 1. The Kier molecular flexibility index (Phi) is 7.64. The van der Waals surface area contributed by atoms with E-state index in [9.17, 15) is 14.4 Å². The molecule has 3 amide bonds. The highest BCUT2D eigenvalue weighted by atomic mass is 16.5. The van der Waals surface area contributed by atoms with Gasteiger partial charge in [-0.3, -0.25) is 24.4 Å². The molecular formula is C20H25N5O4. The highest BCUT2D eigenvalue weighted by Gasteiger charge is 2.31. The van der Waals surface area contributed by atoms with Crippen molar-refractivity contribution < 1.29 is 19.1 Å². The lowest BCUT2D eigenvalue weighted by Crippen LogP contribution is -2.48. The van der Waals surface area contributed by atoms with Crippen LogP contribution in [0, 0.1) is 0 Å². The van der Waals surface area contributed by atoms with E-state index in [-0.39, 0.29) is 17.3 Å². The summed E-state index contributed by atoms with van der Waals surface area (Å²) < 4.78 is 5.08. The molecule has 0 spiro atoms. The predicted octanol–water partition coefficient (Wildman–Crippen LogP) is 1.29. The number of pyridine rings is 1. The average molecular weight is 399 g/mol. The van der Waals surface area contributed by atoms with Crippen LogP contribution in [0.5, 0.6) is 0 Å². The van der Waals surface area contributed by atoms with Crippen molar-refractivity contribution in [3.63, 3.8) is 0 Å². The van der Waals surface area contributed by atoms with E-state index < -0.39 is 17.7 Å². The van der Waals surface area contributed by atoms with Gasteiger partial charge in [0.15, 0.2) is 0 Å². The Hall–Kier alpha value is -3.49. The zero-order chi connectivity index (χ0) is 21.4. The number of nitrogens with one attached hydrogen (secondary N) is 1. The number of carbonyl (C=O) groups is 3. The van der Waals surface area contributed by atoms with Crippen LogP contribution in [0.2, 0.25) is 0 Å². The molecule has 2 heterocycles. The number of primary amides is 1. The van der Waals surface area contributed by atoms with Gasteiger partial charge in [0.2, 0.25) is 11.8 Å². The third kappa shape index (κ3) is 5.74. The average Bonchev–Trinajstić information content (AvgIpc) is 2.73. The van der Waals surface area contributed by atoms with Gasteiger partial charge in [-0.15, -0.1) is 0 Å². The second kappa shape index (κ2) is 10.2. The summed E-state index contributed by atoms with van der Waals surface area (Å²) in [5.41, 5.74) is 6.25. The Balaban J connectivity index is 2.12. The summed E-state index contributed by atoms with van der Waals surface area (Å²) in [7, 11) is 3.12. The van der Waals surface area contributed by atoms with Gasteiger partial charge in [0.25, 0.3) is 0 Å². The summed E-state index contributed by atoms with van der Waals surface area (Å²) in [6.45, 7) is 4.49. The maximum Gasteiger partial charge on any atom is 0.313 e. The molecule has 0 bridgehead atoms. The van der Waals surface area contributed by atoms with Crippen LogP contribution in [-0.2, 0) is 14.3 Å². The van der Waals surface area contributed by atoms with E-state index in [4.69, 9.17) is 10.5 Å². The number of nitrogens with zero attached hydrogens (tertiary/aromatic N) is 3. The van der Waals surface area contributed by atoms with Gasteiger partial charge in [-0.2, -0.15) is 0 Å². The number of carbonyl (C=O) groups excluding carboxylic acids is 3. The molecule has 1 aromatic rings. The van der Waals surface area contributed by atoms with Crippen LogP contribution in [0.3, 0.4) is 0 Å². The first-order chi connectivity index (χ1) is 13.9. The summed E-state index contributed by atoms with van der Waals surface area (Å²) in [6.07, 6.45) is 8.44. The minimum absolute atomic E-state index is 0.135. The summed E-state index contributed by atoms with van der Waals surface area (Å²) in [5.74, 6) is -1.74. The number of hydrogen-bond acceptors (Lipinski definition) is 6. The Morgan fingerprint density at radius 2 is 2.10 bits per heavy atom. The van der Waals surface area contributed by atoms with Crippen molar-refractivity contribution in [2.24, 2.45) is 10.7 Å². The quantitative estimate of drug-likeness (QED) is 0.334. The molecule has 1 saturated heterocycles. The Morgan fingerprint density at radius 1 is 1.34 bits per heavy atom. The van der Waals surface area contributed by atoms with Gasteiger partial charge in [-0.25, -0.2) is 0 Å². The molecule has 1 aromatic heterocycles. The van der Waals surface area contributed by atoms with Crippen molar-refractivity contribution in [1.29, 1.82) is 0 Å². The third-order valence-electron chi connectivity index (χ3n) is 4.54. The van der Waals surface area contributed by atoms with Crippen molar-refractivity contribution in [3.05, 3.63) is 48.3 Å². The van der Waals surface area contributed by atoms with Gasteiger partial charge >= 0.3 is 11.8 Å². The van der Waals surface area contributed by atoms with Crippen LogP contribution in [-0.4, -0.2) is 60.2 Å². The molecule has 1 aliphatic rings. The molecule has 154 valence electrons. The van der Waals surface area contributed by atoms with Gasteiger partial charge in [0.1, 0.15) is 0 Å². The van der Waals surface area contributed by atoms with E-state index in [0.29, 0.717) is 24.4 Å². The first-order valence-electron chi connectivity index (χ1n) is 9.11. The number of methoxy groups -OCH3 is 1. The maximum absolute atomic E-state index is 12.8. The predicted molar refractivity (Wildman–Crippen MR) is 109 cm³/mol. The fourth-order valence-electron chi connectivity index (χ4n) is 3.04. The number of aromatic nitrogens is 1. The zero-order valence-electron chi connectivity index (χ0n) is 16.6. The smallest absolute Gasteiger partial charge is 0.313 e. The van der Waals surface area contributed by atoms with E-state index in [1.807, 2.05) is 0 Å². The molecule has 0 aromatic carbocycles. The van der Waals surface area contributed by atoms with Crippen LogP contribution in [0.4, 0.5) is 5.69 Å². The van der Waals surface area contributed by atoms with Crippen molar-refractivity contribution in [3.8, 4) is 0 Å². The molecule has 9 nitrogen and oxygen atoms in total.